The first-order valence-electron chi connectivity index (χ1n) is 19.0. The number of nitrogen functional groups attached to an aromatic ring is 1. The molecule has 0 saturated heterocycles. The number of nitriles is 1. The van der Waals surface area contributed by atoms with E-state index in [4.69, 9.17) is 25.2 Å². The Morgan fingerprint density at radius 2 is 1.65 bits per heavy atom. The van der Waals surface area contributed by atoms with Gasteiger partial charge in [0.1, 0.15) is 31.0 Å². The molecular formula is C45H39N5O8S2. The molecule has 6 aromatic rings. The molecular weight excluding hydrogens is 803 g/mol. The zero-order valence-corrected chi connectivity index (χ0v) is 33.9. The van der Waals surface area contributed by atoms with E-state index < -0.39 is 40.1 Å². The number of carboxylic acids is 1. The van der Waals surface area contributed by atoms with Crippen LogP contribution >= 0.6 is 11.3 Å². The molecule has 8 rings (SSSR count). The maximum absolute atomic E-state index is 14.4. The topological polar surface area (TPSA) is 194 Å². The van der Waals surface area contributed by atoms with Crippen LogP contribution in [0, 0.1) is 18.3 Å². The highest BCUT2D eigenvalue weighted by molar-refractivity contribution is 7.91. The third-order valence-electron chi connectivity index (χ3n) is 10.5. The number of hydrogen-bond donors (Lipinski definition) is 3. The lowest BCUT2D eigenvalue weighted by Crippen LogP contribution is -2.55. The number of aryl methyl sites for hydroxylation is 1. The number of aromatic nitrogens is 1. The highest BCUT2D eigenvalue weighted by atomic mass is 32.2. The van der Waals surface area contributed by atoms with Crippen molar-refractivity contribution in [2.24, 2.45) is 0 Å². The molecule has 2 aliphatic rings. The molecule has 2 aliphatic heterocycles. The number of sulfonamides is 1. The van der Waals surface area contributed by atoms with E-state index in [2.05, 4.69) is 16.4 Å². The molecule has 1 aromatic heterocycles. The number of nitrogens with one attached hydrogen (secondary N) is 1. The molecule has 5 aromatic carbocycles. The van der Waals surface area contributed by atoms with Crippen LogP contribution in [0.15, 0.2) is 119 Å². The molecule has 0 fully saturated rings. The summed E-state index contributed by atoms with van der Waals surface area (Å²) in [4.78, 5) is 30.9. The average Bonchev–Trinajstić information content (AvgIpc) is 3.62. The Balaban J connectivity index is 1.02. The van der Waals surface area contributed by atoms with Crippen molar-refractivity contribution in [3.05, 3.63) is 154 Å². The average molecular weight is 842 g/mol. The lowest BCUT2D eigenvalue weighted by molar-refractivity contribution is -0.142. The molecule has 15 heteroatoms. The van der Waals surface area contributed by atoms with Crippen LogP contribution in [0.1, 0.15) is 45.2 Å². The number of rotatable bonds is 12. The second kappa shape index (κ2) is 16.9. The number of aliphatic carboxylic acids is 1. The molecule has 3 atom stereocenters. The molecule has 0 aliphatic carbocycles. The third kappa shape index (κ3) is 8.53. The van der Waals surface area contributed by atoms with Crippen LogP contribution in [-0.2, 0) is 45.6 Å². The fraction of sp³-hybridized carbons (Fsp3) is 0.200. The number of hydrogen-bond acceptors (Lipinski definition) is 11. The second-order valence-electron chi connectivity index (χ2n) is 14.5. The molecule has 0 saturated carbocycles. The lowest BCUT2D eigenvalue weighted by atomic mass is 9.94. The number of ether oxygens (including phenoxy) is 3. The molecule has 0 radical (unpaired) electrons. The Labute approximate surface area is 350 Å². The van der Waals surface area contributed by atoms with Crippen LogP contribution in [0.25, 0.3) is 11.1 Å². The molecule has 60 heavy (non-hydrogen) atoms. The Morgan fingerprint density at radius 1 is 0.967 bits per heavy atom. The van der Waals surface area contributed by atoms with Crippen molar-refractivity contribution in [3.8, 4) is 34.4 Å². The van der Waals surface area contributed by atoms with Crippen molar-refractivity contribution in [1.29, 1.82) is 5.26 Å². The lowest BCUT2D eigenvalue weighted by Gasteiger charge is -2.36. The van der Waals surface area contributed by atoms with E-state index in [1.807, 2.05) is 78.9 Å². The predicted octanol–water partition coefficient (Wildman–Crippen LogP) is 6.59. The number of amides is 1. The maximum atomic E-state index is 14.4. The number of carbonyl (C=O) groups excluding carboxylic acids is 1. The molecule has 4 N–H and O–H groups in total. The van der Waals surface area contributed by atoms with Gasteiger partial charge < -0.3 is 30.4 Å². The summed E-state index contributed by atoms with van der Waals surface area (Å²) in [6.07, 6.45) is -0.578. The smallest absolute Gasteiger partial charge is 0.326 e. The van der Waals surface area contributed by atoms with Crippen molar-refractivity contribution in [3.63, 3.8) is 0 Å². The molecule has 304 valence electrons. The van der Waals surface area contributed by atoms with Crippen LogP contribution in [0.4, 0.5) is 5.13 Å². The van der Waals surface area contributed by atoms with E-state index in [0.717, 1.165) is 37.9 Å². The summed E-state index contributed by atoms with van der Waals surface area (Å²) in [5, 5.41) is 22.1. The van der Waals surface area contributed by atoms with Gasteiger partial charge in [0.15, 0.2) is 26.9 Å². The van der Waals surface area contributed by atoms with Crippen molar-refractivity contribution in [1.82, 2.24) is 14.6 Å². The van der Waals surface area contributed by atoms with Gasteiger partial charge in [-0.2, -0.15) is 9.57 Å². The van der Waals surface area contributed by atoms with Crippen LogP contribution in [0.5, 0.6) is 17.2 Å². The summed E-state index contributed by atoms with van der Waals surface area (Å²) in [5.41, 5.74) is 12.2. The Bertz CT molecular complexity index is 2700. The summed E-state index contributed by atoms with van der Waals surface area (Å²) in [6.45, 7) is 1.96. The zero-order chi connectivity index (χ0) is 42.0. The monoisotopic (exact) mass is 841 g/mol. The zero-order valence-electron chi connectivity index (χ0n) is 32.3. The number of thiazole rings is 1. The number of fused-ring (bicyclic) bond motifs is 2. The van der Waals surface area contributed by atoms with Gasteiger partial charge in [-0.3, -0.25) is 4.79 Å². The van der Waals surface area contributed by atoms with Gasteiger partial charge in [0, 0.05) is 13.0 Å². The summed E-state index contributed by atoms with van der Waals surface area (Å²) < 4.78 is 48.3. The highest BCUT2D eigenvalue weighted by Gasteiger charge is 2.43. The molecule has 1 amide bonds. The van der Waals surface area contributed by atoms with Crippen molar-refractivity contribution in [2.45, 2.75) is 55.3 Å². The first-order chi connectivity index (χ1) is 28.9. The van der Waals surface area contributed by atoms with Crippen LogP contribution in [0.3, 0.4) is 0 Å². The minimum atomic E-state index is -4.36. The fourth-order valence-electron chi connectivity index (χ4n) is 7.31. The van der Waals surface area contributed by atoms with Gasteiger partial charge in [0.25, 0.3) is 10.0 Å². The summed E-state index contributed by atoms with van der Waals surface area (Å²) in [6, 6.07) is 34.6. The summed E-state index contributed by atoms with van der Waals surface area (Å²) >= 11 is 0.799. The maximum Gasteiger partial charge on any atom is 0.326 e. The minimum absolute atomic E-state index is 0.0570. The Morgan fingerprint density at radius 3 is 2.30 bits per heavy atom. The molecule has 0 spiro atoms. The quantitative estimate of drug-likeness (QED) is 0.120. The minimum Gasteiger partial charge on any atom is -0.489 e. The summed E-state index contributed by atoms with van der Waals surface area (Å²) in [5.74, 6) is -0.478. The SMILES string of the molecule is Cc1nc(N)sc1S(=O)(=O)N1Cc2cc3c(cc2C[C@H]1C(=O)N[C@@H](Cc1ccc(-c2ccc(C#N)cc2)cc1)C(=O)O)OCC(c1ccc(OCc2ccccc2)cc1)O3. The first-order valence-corrected chi connectivity index (χ1v) is 21.3. The van der Waals surface area contributed by atoms with E-state index in [1.165, 1.54) is 6.92 Å². The van der Waals surface area contributed by atoms with Crippen molar-refractivity contribution >= 4 is 38.4 Å². The number of anilines is 1. The van der Waals surface area contributed by atoms with E-state index >= 15 is 0 Å². The predicted molar refractivity (Wildman–Crippen MR) is 224 cm³/mol. The summed E-state index contributed by atoms with van der Waals surface area (Å²) in [7, 11) is -4.36. The Hall–Kier alpha value is -6.73. The largest absolute Gasteiger partial charge is 0.489 e. The number of carboxylic acid groups (broad SMARTS) is 1. The van der Waals surface area contributed by atoms with Gasteiger partial charge in [-0.1, -0.05) is 90.2 Å². The van der Waals surface area contributed by atoms with E-state index in [9.17, 15) is 23.1 Å². The second-order valence-corrected chi connectivity index (χ2v) is 17.6. The van der Waals surface area contributed by atoms with Gasteiger partial charge in [-0.25, -0.2) is 18.2 Å². The van der Waals surface area contributed by atoms with Gasteiger partial charge in [-0.15, -0.1) is 0 Å². The number of nitrogens with two attached hydrogens (primary N) is 1. The van der Waals surface area contributed by atoms with Crippen LogP contribution in [0.2, 0.25) is 0 Å². The number of benzene rings is 5. The highest BCUT2D eigenvalue weighted by Crippen LogP contribution is 2.42. The van der Waals surface area contributed by atoms with E-state index in [-0.39, 0.29) is 41.0 Å². The molecule has 3 heterocycles. The van der Waals surface area contributed by atoms with Gasteiger partial charge in [-0.05, 0) is 88.7 Å². The van der Waals surface area contributed by atoms with Crippen LogP contribution < -0.4 is 25.3 Å². The number of carbonyl (C=O) groups is 2. The molecule has 13 nitrogen and oxygen atoms in total. The number of nitrogens with zero attached hydrogens (tertiary/aromatic N) is 3. The van der Waals surface area contributed by atoms with E-state index in [1.54, 1.807) is 36.4 Å². The fourth-order valence-corrected chi connectivity index (χ4v) is 10.3. The molecule has 1 unspecified atom stereocenters. The van der Waals surface area contributed by atoms with Crippen molar-refractivity contribution < 1.29 is 37.3 Å². The third-order valence-corrected chi connectivity index (χ3v) is 13.9. The first kappa shape index (κ1) is 40.1. The normalized spacial score (nSPS) is 16.5. The van der Waals surface area contributed by atoms with Gasteiger partial charge in [0.05, 0.1) is 17.3 Å². The molecule has 0 bridgehead atoms. The standard InChI is InChI=1S/C45H39N5O8S2/c1-27-44(59-45(47)48-27)60(54,55)50-24-35-22-40-39(57-26-41(58-40)33-15-17-36(18-16-33)56-25-30-5-3-2-4-6-30)21-34(35)20-38(50)42(51)49-37(43(52)53)19-28-7-11-31(12-8-28)32-13-9-29(23-46)10-14-32/h2-18,21-22,37-38,41H,19-20,24-26H2,1H3,(H2,47,48)(H,49,51)(H,52,53)/t37-,38-,41?/m0/s1. The van der Waals surface area contributed by atoms with Crippen LogP contribution in [-0.4, -0.2) is 53.4 Å². The van der Waals surface area contributed by atoms with Crippen molar-refractivity contribution in [2.75, 3.05) is 12.3 Å². The van der Waals surface area contributed by atoms with E-state index in [0.29, 0.717) is 46.1 Å². The van der Waals surface area contributed by atoms with Gasteiger partial charge >= 0.3 is 5.97 Å². The Kier molecular flexibility index (Phi) is 11.3. The van der Waals surface area contributed by atoms with Gasteiger partial charge in [0.2, 0.25) is 5.91 Å².